The Hall–Kier alpha value is -1.37. The molecule has 3 rings (SSSR count). The molecule has 1 atom stereocenters. The van der Waals surface area contributed by atoms with Gasteiger partial charge in [0.05, 0.1) is 5.92 Å². The fourth-order valence-electron chi connectivity index (χ4n) is 2.21. The Morgan fingerprint density at radius 3 is 2.86 bits per heavy atom. The van der Waals surface area contributed by atoms with Crippen molar-refractivity contribution in [2.45, 2.75) is 22.6 Å². The van der Waals surface area contributed by atoms with Crippen LogP contribution in [0.15, 0.2) is 38.9 Å². The average molecular weight is 319 g/mol. The fraction of sp³-hybridized carbons (Fsp3) is 0.333. The van der Waals surface area contributed by atoms with E-state index in [9.17, 15) is 4.79 Å². The number of amides is 1. The lowest BCUT2D eigenvalue weighted by molar-refractivity contribution is -0.119. The predicted octanol–water partition coefficient (Wildman–Crippen LogP) is 3.15. The van der Waals surface area contributed by atoms with Gasteiger partial charge in [-0.15, -0.1) is 11.3 Å². The zero-order valence-corrected chi connectivity index (χ0v) is 13.4. The average Bonchev–Trinajstić information content (AvgIpc) is 3.13. The van der Waals surface area contributed by atoms with Crippen LogP contribution < -0.4 is 10.6 Å². The molecular formula is C15H17N3OS2. The summed E-state index contributed by atoms with van der Waals surface area (Å²) in [5.41, 5.74) is 1.91. The van der Waals surface area contributed by atoms with Crippen LogP contribution in [0.2, 0.25) is 0 Å². The third-order valence-corrected chi connectivity index (χ3v) is 5.42. The van der Waals surface area contributed by atoms with Gasteiger partial charge >= 0.3 is 0 Å². The molecule has 1 aliphatic heterocycles. The highest BCUT2D eigenvalue weighted by Crippen LogP contribution is 2.30. The van der Waals surface area contributed by atoms with Crippen LogP contribution in [0.3, 0.4) is 0 Å². The largest absolute Gasteiger partial charge is 0.326 e. The third-order valence-electron chi connectivity index (χ3n) is 3.36. The van der Waals surface area contributed by atoms with Crippen LogP contribution in [0.4, 0.5) is 5.69 Å². The Morgan fingerprint density at radius 2 is 2.24 bits per heavy atom. The van der Waals surface area contributed by atoms with E-state index >= 15 is 0 Å². The topological polar surface area (TPSA) is 54.0 Å². The summed E-state index contributed by atoms with van der Waals surface area (Å²) in [5, 5.41) is 8.23. The summed E-state index contributed by atoms with van der Waals surface area (Å²) in [4.78, 5) is 17.6. The molecule has 1 aromatic heterocycles. The number of aromatic nitrogens is 1. The lowest BCUT2D eigenvalue weighted by Gasteiger charge is -2.10. The van der Waals surface area contributed by atoms with Gasteiger partial charge < -0.3 is 10.6 Å². The first kappa shape index (κ1) is 14.6. The summed E-state index contributed by atoms with van der Waals surface area (Å²) in [6.07, 6.45) is 0.920. The normalized spacial score (nSPS) is 17.9. The van der Waals surface area contributed by atoms with Crippen molar-refractivity contribution >= 4 is 34.7 Å². The van der Waals surface area contributed by atoms with Crippen molar-refractivity contribution in [2.75, 3.05) is 18.4 Å². The maximum Gasteiger partial charge on any atom is 0.228 e. The first-order chi connectivity index (χ1) is 10.2. The van der Waals surface area contributed by atoms with E-state index in [0.29, 0.717) is 0 Å². The number of nitrogens with zero attached hydrogens (tertiary/aromatic N) is 1. The maximum atomic E-state index is 12.0. The molecule has 0 bridgehead atoms. The molecule has 1 aliphatic rings. The molecule has 1 amide bonds. The molecule has 0 saturated carbocycles. The number of carbonyl (C=O) groups is 1. The van der Waals surface area contributed by atoms with Crippen LogP contribution in [0, 0.1) is 12.8 Å². The molecule has 110 valence electrons. The first-order valence-electron chi connectivity index (χ1n) is 6.92. The summed E-state index contributed by atoms with van der Waals surface area (Å²) >= 11 is 3.30. The summed E-state index contributed by atoms with van der Waals surface area (Å²) in [6.45, 7) is 3.71. The zero-order chi connectivity index (χ0) is 14.7. The maximum absolute atomic E-state index is 12.0. The van der Waals surface area contributed by atoms with Gasteiger partial charge in [0.1, 0.15) is 0 Å². The molecule has 6 heteroatoms. The molecule has 1 aromatic carbocycles. The van der Waals surface area contributed by atoms with Crippen LogP contribution in [0.1, 0.15) is 12.1 Å². The second-order valence-electron chi connectivity index (χ2n) is 5.06. The zero-order valence-electron chi connectivity index (χ0n) is 11.8. The van der Waals surface area contributed by atoms with Crippen molar-refractivity contribution in [3.05, 3.63) is 35.3 Å². The Morgan fingerprint density at radius 1 is 1.43 bits per heavy atom. The Bertz CT molecular complexity index is 618. The van der Waals surface area contributed by atoms with Gasteiger partial charge in [-0.3, -0.25) is 4.79 Å². The van der Waals surface area contributed by atoms with Gasteiger partial charge in [-0.05, 0) is 44.2 Å². The Balaban J connectivity index is 1.59. The number of hydrogen-bond acceptors (Lipinski definition) is 5. The van der Waals surface area contributed by atoms with Gasteiger partial charge in [-0.1, -0.05) is 11.8 Å². The van der Waals surface area contributed by atoms with E-state index < -0.39 is 0 Å². The minimum absolute atomic E-state index is 0.0948. The van der Waals surface area contributed by atoms with Gasteiger partial charge in [0.25, 0.3) is 0 Å². The molecule has 1 fully saturated rings. The number of nitrogens with one attached hydrogen (secondary N) is 2. The molecule has 2 heterocycles. The second-order valence-corrected chi connectivity index (χ2v) is 7.24. The van der Waals surface area contributed by atoms with E-state index in [2.05, 4.69) is 15.6 Å². The highest BCUT2D eigenvalue weighted by atomic mass is 32.2. The van der Waals surface area contributed by atoms with Crippen LogP contribution >= 0.6 is 23.1 Å². The molecule has 0 radical (unpaired) electrons. The molecule has 2 N–H and O–H groups in total. The number of benzene rings is 1. The number of carbonyl (C=O) groups excluding carboxylic acids is 1. The molecule has 1 unspecified atom stereocenters. The highest BCUT2D eigenvalue weighted by molar-refractivity contribution is 8.01. The van der Waals surface area contributed by atoms with Crippen molar-refractivity contribution in [2.24, 2.45) is 5.92 Å². The van der Waals surface area contributed by atoms with Crippen LogP contribution in [0.25, 0.3) is 0 Å². The number of anilines is 1. The molecule has 2 aromatic rings. The van der Waals surface area contributed by atoms with Gasteiger partial charge in [0.15, 0.2) is 4.34 Å². The minimum Gasteiger partial charge on any atom is -0.326 e. The Labute approximate surface area is 132 Å². The number of aryl methyl sites for hydroxylation is 1. The minimum atomic E-state index is 0.0948. The first-order valence-corrected chi connectivity index (χ1v) is 8.62. The van der Waals surface area contributed by atoms with Crippen molar-refractivity contribution in [3.8, 4) is 0 Å². The summed E-state index contributed by atoms with van der Waals surface area (Å²) in [6, 6.07) is 7.93. The smallest absolute Gasteiger partial charge is 0.228 e. The molecule has 0 aliphatic carbocycles. The molecule has 4 nitrogen and oxygen atoms in total. The molecular weight excluding hydrogens is 302 g/mol. The molecule has 21 heavy (non-hydrogen) atoms. The van der Waals surface area contributed by atoms with Crippen LogP contribution in [-0.4, -0.2) is 24.0 Å². The SMILES string of the molecule is Cc1csc(Sc2ccc(NC(=O)C3CCNC3)cc2)n1. The fourth-order valence-corrected chi connectivity index (χ4v) is 4.02. The molecule has 1 saturated heterocycles. The lowest BCUT2D eigenvalue weighted by atomic mass is 10.1. The van der Waals surface area contributed by atoms with Crippen LogP contribution in [0.5, 0.6) is 0 Å². The second kappa shape index (κ2) is 6.60. The number of rotatable bonds is 4. The number of hydrogen-bond donors (Lipinski definition) is 2. The van der Waals surface area contributed by atoms with Crippen molar-refractivity contribution in [1.82, 2.24) is 10.3 Å². The predicted molar refractivity (Wildman–Crippen MR) is 87.0 cm³/mol. The third kappa shape index (κ3) is 3.84. The van der Waals surface area contributed by atoms with E-state index in [1.807, 2.05) is 36.6 Å². The van der Waals surface area contributed by atoms with E-state index in [4.69, 9.17) is 0 Å². The van der Waals surface area contributed by atoms with E-state index in [1.54, 1.807) is 23.1 Å². The quantitative estimate of drug-likeness (QED) is 0.909. The lowest BCUT2D eigenvalue weighted by Crippen LogP contribution is -2.24. The summed E-state index contributed by atoms with van der Waals surface area (Å²) in [5.74, 6) is 0.202. The van der Waals surface area contributed by atoms with Crippen molar-refractivity contribution in [1.29, 1.82) is 0 Å². The van der Waals surface area contributed by atoms with Crippen LogP contribution in [-0.2, 0) is 4.79 Å². The van der Waals surface area contributed by atoms with Gasteiger partial charge in [-0.2, -0.15) is 0 Å². The number of thiazole rings is 1. The Kier molecular flexibility index (Phi) is 4.57. The van der Waals surface area contributed by atoms with Crippen molar-refractivity contribution in [3.63, 3.8) is 0 Å². The van der Waals surface area contributed by atoms with Crippen molar-refractivity contribution < 1.29 is 4.79 Å². The van der Waals surface area contributed by atoms with Gasteiger partial charge in [-0.25, -0.2) is 4.98 Å². The summed E-state index contributed by atoms with van der Waals surface area (Å²) in [7, 11) is 0. The van der Waals surface area contributed by atoms with Gasteiger partial charge in [0.2, 0.25) is 5.91 Å². The van der Waals surface area contributed by atoms with E-state index in [1.165, 1.54) is 0 Å². The standard InChI is InChI=1S/C15H17N3OS2/c1-10-9-20-15(17-10)21-13-4-2-12(3-5-13)18-14(19)11-6-7-16-8-11/h2-5,9,11,16H,6-8H2,1H3,(H,18,19). The highest BCUT2D eigenvalue weighted by Gasteiger charge is 2.22. The summed E-state index contributed by atoms with van der Waals surface area (Å²) < 4.78 is 1.04. The van der Waals surface area contributed by atoms with Gasteiger partial charge in [0, 0.05) is 28.2 Å². The van der Waals surface area contributed by atoms with E-state index in [-0.39, 0.29) is 11.8 Å². The van der Waals surface area contributed by atoms with E-state index in [0.717, 1.165) is 40.1 Å². The molecule has 0 spiro atoms. The monoisotopic (exact) mass is 319 g/mol.